The summed E-state index contributed by atoms with van der Waals surface area (Å²) >= 11 is 0. The van der Waals surface area contributed by atoms with Gasteiger partial charge in [0.2, 0.25) is 0 Å². The van der Waals surface area contributed by atoms with Crippen molar-refractivity contribution in [3.05, 3.63) is 0 Å². The molecule has 0 bridgehead atoms. The molecule has 3 aliphatic carbocycles. The summed E-state index contributed by atoms with van der Waals surface area (Å²) in [5.74, 6) is 4.62. The van der Waals surface area contributed by atoms with Gasteiger partial charge in [0.25, 0.3) is 0 Å². The predicted molar refractivity (Wildman–Crippen MR) is 67.3 cm³/mol. The lowest BCUT2D eigenvalue weighted by Gasteiger charge is -2.46. The molecule has 0 heterocycles. The van der Waals surface area contributed by atoms with Crippen molar-refractivity contribution in [1.82, 2.24) is 0 Å². The van der Waals surface area contributed by atoms with E-state index in [-0.39, 0.29) is 0 Å². The van der Waals surface area contributed by atoms with E-state index in [0.717, 1.165) is 23.7 Å². The van der Waals surface area contributed by atoms with Crippen molar-refractivity contribution >= 4 is 6.79 Å². The fourth-order valence-electron chi connectivity index (χ4n) is 4.59. The fourth-order valence-corrected chi connectivity index (χ4v) is 4.59. The number of hydrogen-bond donors (Lipinski definition) is 0. The van der Waals surface area contributed by atoms with Crippen LogP contribution < -0.4 is 0 Å². The molecule has 3 saturated carbocycles. The second-order valence-corrected chi connectivity index (χ2v) is 6.08. The minimum Gasteiger partial charge on any atom is -0.307 e. The van der Waals surface area contributed by atoms with Crippen LogP contribution in [0.1, 0.15) is 64.2 Å². The van der Waals surface area contributed by atoms with Gasteiger partial charge in [0.1, 0.15) is 6.79 Å². The smallest absolute Gasteiger partial charge is 0.106 e. The van der Waals surface area contributed by atoms with Gasteiger partial charge in [-0.15, -0.1) is 0 Å². The van der Waals surface area contributed by atoms with Crippen molar-refractivity contribution < 1.29 is 4.79 Å². The Morgan fingerprint density at radius 3 is 1.06 bits per heavy atom. The SMILES string of the molecule is C1CCC2CC3CCCCC3CC2C1.C=O. The monoisotopic (exact) mass is 222 g/mol. The molecule has 0 saturated heterocycles. The minimum atomic E-state index is 1.16. The number of rotatable bonds is 0. The molecule has 0 radical (unpaired) electrons. The number of fused-ring (bicyclic) bond motifs is 2. The summed E-state index contributed by atoms with van der Waals surface area (Å²) in [5, 5.41) is 0. The van der Waals surface area contributed by atoms with E-state index in [1.165, 1.54) is 0 Å². The van der Waals surface area contributed by atoms with Gasteiger partial charge >= 0.3 is 0 Å². The molecular weight excluding hydrogens is 196 g/mol. The van der Waals surface area contributed by atoms with Crippen molar-refractivity contribution in [1.29, 1.82) is 0 Å². The topological polar surface area (TPSA) is 17.1 Å². The Balaban J connectivity index is 0.000000457. The van der Waals surface area contributed by atoms with Crippen molar-refractivity contribution in [3.63, 3.8) is 0 Å². The lowest BCUT2D eigenvalue weighted by atomic mass is 9.60. The number of hydrogen-bond acceptors (Lipinski definition) is 1. The Morgan fingerprint density at radius 2 is 0.812 bits per heavy atom. The lowest BCUT2D eigenvalue weighted by Crippen LogP contribution is -2.35. The van der Waals surface area contributed by atoms with Crippen LogP contribution in [0.5, 0.6) is 0 Å². The van der Waals surface area contributed by atoms with E-state index in [1.807, 2.05) is 6.79 Å². The van der Waals surface area contributed by atoms with Crippen LogP contribution in [0, 0.1) is 23.7 Å². The largest absolute Gasteiger partial charge is 0.307 e. The summed E-state index contributed by atoms with van der Waals surface area (Å²) in [6.07, 6.45) is 15.7. The zero-order chi connectivity index (χ0) is 11.4. The predicted octanol–water partition coefficient (Wildman–Crippen LogP) is 4.21. The molecule has 1 heteroatoms. The standard InChI is InChI=1S/C14H24.CH2O/c1-2-6-12-10-14-8-4-3-7-13(14)9-11(12)5-1;1-2/h11-14H,1-10H2;1H2. The van der Waals surface area contributed by atoms with Crippen LogP contribution in [0.25, 0.3) is 0 Å². The molecule has 0 aromatic carbocycles. The Hall–Kier alpha value is -0.330. The summed E-state index contributed by atoms with van der Waals surface area (Å²) in [6, 6.07) is 0. The van der Waals surface area contributed by atoms with Gasteiger partial charge in [0.05, 0.1) is 0 Å². The van der Waals surface area contributed by atoms with Crippen LogP contribution in [0.4, 0.5) is 0 Å². The van der Waals surface area contributed by atoms with Crippen molar-refractivity contribution in [2.45, 2.75) is 64.2 Å². The zero-order valence-electron chi connectivity index (χ0n) is 10.5. The first-order valence-corrected chi connectivity index (χ1v) is 7.22. The first-order chi connectivity index (χ1) is 7.93. The van der Waals surface area contributed by atoms with Gasteiger partial charge in [-0.25, -0.2) is 0 Å². The summed E-state index contributed by atoms with van der Waals surface area (Å²) < 4.78 is 0. The molecule has 0 N–H and O–H groups in total. The summed E-state index contributed by atoms with van der Waals surface area (Å²) in [7, 11) is 0. The van der Waals surface area contributed by atoms with Crippen LogP contribution in [-0.2, 0) is 4.79 Å². The quantitative estimate of drug-likeness (QED) is 0.600. The lowest BCUT2D eigenvalue weighted by molar-refractivity contribution is -0.0979. The molecule has 4 atom stereocenters. The highest BCUT2D eigenvalue weighted by Crippen LogP contribution is 2.49. The van der Waals surface area contributed by atoms with Gasteiger partial charge < -0.3 is 4.79 Å². The Morgan fingerprint density at radius 1 is 0.562 bits per heavy atom. The molecular formula is C15H26O. The molecule has 3 rings (SSSR count). The Labute approximate surface area is 100.0 Å². The normalized spacial score (nSPS) is 42.2. The molecule has 0 aliphatic heterocycles. The van der Waals surface area contributed by atoms with Crippen molar-refractivity contribution in [3.8, 4) is 0 Å². The van der Waals surface area contributed by atoms with Gasteiger partial charge in [0.15, 0.2) is 0 Å². The van der Waals surface area contributed by atoms with E-state index < -0.39 is 0 Å². The zero-order valence-corrected chi connectivity index (χ0v) is 10.5. The highest BCUT2D eigenvalue weighted by atomic mass is 16.1. The van der Waals surface area contributed by atoms with E-state index in [0.29, 0.717) is 0 Å². The second kappa shape index (κ2) is 5.84. The van der Waals surface area contributed by atoms with Crippen LogP contribution in [0.2, 0.25) is 0 Å². The number of carbonyl (C=O) groups is 1. The fraction of sp³-hybridized carbons (Fsp3) is 0.933. The molecule has 0 amide bonds. The molecule has 3 aliphatic rings. The highest BCUT2D eigenvalue weighted by molar-refractivity contribution is 5.11. The third kappa shape index (κ3) is 2.49. The number of carbonyl (C=O) groups excluding carboxylic acids is 1. The van der Waals surface area contributed by atoms with Crippen LogP contribution >= 0.6 is 0 Å². The maximum absolute atomic E-state index is 8.00. The molecule has 16 heavy (non-hydrogen) atoms. The molecule has 0 aromatic heterocycles. The van der Waals surface area contributed by atoms with Crippen LogP contribution in [0.15, 0.2) is 0 Å². The van der Waals surface area contributed by atoms with Crippen molar-refractivity contribution in [2.24, 2.45) is 23.7 Å². The molecule has 1 nitrogen and oxygen atoms in total. The first kappa shape index (κ1) is 12.1. The van der Waals surface area contributed by atoms with E-state index in [9.17, 15) is 0 Å². The molecule has 0 spiro atoms. The summed E-state index contributed by atoms with van der Waals surface area (Å²) in [4.78, 5) is 8.00. The molecule has 0 aromatic rings. The average Bonchev–Trinajstić information content (AvgIpc) is 2.38. The van der Waals surface area contributed by atoms with Gasteiger partial charge in [-0.2, -0.15) is 0 Å². The summed E-state index contributed by atoms with van der Waals surface area (Å²) in [6.45, 7) is 2.00. The van der Waals surface area contributed by atoms with Gasteiger partial charge in [-0.1, -0.05) is 51.4 Å². The second-order valence-electron chi connectivity index (χ2n) is 6.08. The third-order valence-electron chi connectivity index (χ3n) is 5.34. The molecule has 92 valence electrons. The maximum atomic E-state index is 8.00. The summed E-state index contributed by atoms with van der Waals surface area (Å²) in [5.41, 5.74) is 0. The maximum Gasteiger partial charge on any atom is 0.106 e. The van der Waals surface area contributed by atoms with E-state index in [4.69, 9.17) is 4.79 Å². The Bertz CT molecular complexity index is 171. The van der Waals surface area contributed by atoms with Gasteiger partial charge in [-0.3, -0.25) is 0 Å². The molecule has 3 fully saturated rings. The van der Waals surface area contributed by atoms with E-state index in [1.54, 1.807) is 64.2 Å². The van der Waals surface area contributed by atoms with Gasteiger partial charge in [-0.05, 0) is 36.5 Å². The van der Waals surface area contributed by atoms with E-state index in [2.05, 4.69) is 0 Å². The van der Waals surface area contributed by atoms with Crippen molar-refractivity contribution in [2.75, 3.05) is 0 Å². The first-order valence-electron chi connectivity index (χ1n) is 7.22. The van der Waals surface area contributed by atoms with E-state index >= 15 is 0 Å². The minimum absolute atomic E-state index is 1.16. The average molecular weight is 222 g/mol. The van der Waals surface area contributed by atoms with Gasteiger partial charge in [0, 0.05) is 0 Å². The molecule has 4 unspecified atom stereocenters. The van der Waals surface area contributed by atoms with Crippen LogP contribution in [-0.4, -0.2) is 6.79 Å². The Kier molecular flexibility index (Phi) is 4.43. The third-order valence-corrected chi connectivity index (χ3v) is 5.34. The van der Waals surface area contributed by atoms with Crippen LogP contribution in [0.3, 0.4) is 0 Å². The highest BCUT2D eigenvalue weighted by Gasteiger charge is 2.38.